The minimum Gasteiger partial charge on any atom is -0.381 e. The Labute approximate surface area is 152 Å². The minimum absolute atomic E-state index is 0.396. The van der Waals surface area contributed by atoms with Crippen molar-refractivity contribution in [3.63, 3.8) is 0 Å². The van der Waals surface area contributed by atoms with Crippen LogP contribution in [-0.4, -0.2) is 53.1 Å². The van der Waals surface area contributed by atoms with Crippen molar-refractivity contribution in [2.45, 2.75) is 72.4 Å². The highest BCUT2D eigenvalue weighted by Gasteiger charge is 2.05. The van der Waals surface area contributed by atoms with Gasteiger partial charge in [-0.25, -0.2) is 0 Å². The van der Waals surface area contributed by atoms with Gasteiger partial charge in [0, 0.05) is 45.3 Å². The molecule has 0 aliphatic carbocycles. The van der Waals surface area contributed by atoms with Crippen molar-refractivity contribution >= 4 is 5.96 Å². The van der Waals surface area contributed by atoms with Gasteiger partial charge in [0.1, 0.15) is 12.2 Å². The lowest BCUT2D eigenvalue weighted by Gasteiger charge is -2.17. The number of hydrogen-bond acceptors (Lipinski definition) is 4. The maximum Gasteiger partial charge on any atom is 0.191 e. The van der Waals surface area contributed by atoms with Crippen molar-refractivity contribution < 1.29 is 4.74 Å². The number of unbranched alkanes of at least 4 members (excludes halogenated alkanes) is 1. The Morgan fingerprint density at radius 1 is 1.28 bits per heavy atom. The molecule has 0 saturated carbocycles. The van der Waals surface area contributed by atoms with E-state index in [-0.39, 0.29) is 0 Å². The van der Waals surface area contributed by atoms with Gasteiger partial charge in [-0.05, 0) is 26.2 Å². The maximum absolute atomic E-state index is 5.59. The predicted molar refractivity (Wildman–Crippen MR) is 103 cm³/mol. The Hall–Kier alpha value is -1.63. The third-order valence-corrected chi connectivity index (χ3v) is 4.01. The third kappa shape index (κ3) is 9.43. The molecule has 0 amide bonds. The molecule has 1 rings (SSSR count). The number of ether oxygens (including phenoxy) is 1. The second kappa shape index (κ2) is 13.6. The summed E-state index contributed by atoms with van der Waals surface area (Å²) < 4.78 is 7.67. The fourth-order valence-corrected chi connectivity index (χ4v) is 2.23. The summed E-state index contributed by atoms with van der Waals surface area (Å²) in [5.74, 6) is 1.88. The number of rotatable bonds is 13. The van der Waals surface area contributed by atoms with Gasteiger partial charge in [0.25, 0.3) is 0 Å². The molecule has 0 aliphatic heterocycles. The van der Waals surface area contributed by atoms with Crippen LogP contribution in [0.2, 0.25) is 0 Å². The average Bonchev–Trinajstić information content (AvgIpc) is 3.08. The van der Waals surface area contributed by atoms with Crippen LogP contribution in [0.5, 0.6) is 0 Å². The largest absolute Gasteiger partial charge is 0.381 e. The highest BCUT2D eigenvalue weighted by atomic mass is 16.5. The van der Waals surface area contributed by atoms with E-state index >= 15 is 0 Å². The molecule has 0 bridgehead atoms. The van der Waals surface area contributed by atoms with Crippen LogP contribution in [0.3, 0.4) is 0 Å². The summed E-state index contributed by atoms with van der Waals surface area (Å²) in [6.45, 7) is 12.6. The normalized spacial score (nSPS) is 13.0. The van der Waals surface area contributed by atoms with E-state index in [9.17, 15) is 0 Å². The van der Waals surface area contributed by atoms with E-state index < -0.39 is 0 Å². The van der Waals surface area contributed by atoms with Gasteiger partial charge in [0.05, 0.1) is 0 Å². The van der Waals surface area contributed by atoms with Crippen LogP contribution in [0.15, 0.2) is 11.3 Å². The molecule has 1 aromatic heterocycles. The smallest absolute Gasteiger partial charge is 0.191 e. The molecule has 1 aromatic rings. The number of nitrogens with zero attached hydrogens (tertiary/aromatic N) is 4. The lowest BCUT2D eigenvalue weighted by atomic mass is 10.3. The molecule has 0 radical (unpaired) electrons. The zero-order chi connectivity index (χ0) is 18.3. The first kappa shape index (κ1) is 21.4. The van der Waals surface area contributed by atoms with Gasteiger partial charge in [-0.1, -0.05) is 27.2 Å². The summed E-state index contributed by atoms with van der Waals surface area (Å²) in [4.78, 5) is 4.66. The first-order chi connectivity index (χ1) is 12.2. The van der Waals surface area contributed by atoms with Crippen molar-refractivity contribution in [2.24, 2.45) is 4.99 Å². The van der Waals surface area contributed by atoms with E-state index in [2.05, 4.69) is 58.1 Å². The standard InChI is InChI=1S/C18H36N6O/c1-5-8-13-25-14-9-10-19-18(22-16(4)6-2)20-11-12-24-15-21-23-17(24)7-3/h15-16H,5-14H2,1-4H3,(H2,19,20,22). The van der Waals surface area contributed by atoms with Crippen molar-refractivity contribution in [3.05, 3.63) is 12.2 Å². The number of guanidine groups is 1. The second-order valence-electron chi connectivity index (χ2n) is 6.22. The zero-order valence-corrected chi connectivity index (χ0v) is 16.4. The SMILES string of the molecule is CCCCOCCCN=C(NCCn1cnnc1CC)NC(C)CC. The van der Waals surface area contributed by atoms with Crippen molar-refractivity contribution in [2.75, 3.05) is 26.3 Å². The van der Waals surface area contributed by atoms with E-state index in [1.54, 1.807) is 6.33 Å². The van der Waals surface area contributed by atoms with Crippen LogP contribution in [0, 0.1) is 0 Å². The van der Waals surface area contributed by atoms with Crippen molar-refractivity contribution in [3.8, 4) is 0 Å². The van der Waals surface area contributed by atoms with E-state index in [4.69, 9.17) is 4.74 Å². The second-order valence-corrected chi connectivity index (χ2v) is 6.22. The topological polar surface area (TPSA) is 76.4 Å². The summed E-state index contributed by atoms with van der Waals surface area (Å²) >= 11 is 0. The molecule has 0 spiro atoms. The van der Waals surface area contributed by atoms with Gasteiger partial charge >= 0.3 is 0 Å². The van der Waals surface area contributed by atoms with Crippen LogP contribution in [0.4, 0.5) is 0 Å². The molecule has 0 aliphatic rings. The molecule has 1 heterocycles. The first-order valence-electron chi connectivity index (χ1n) is 9.70. The molecule has 7 heteroatoms. The Bertz CT molecular complexity index is 474. The fourth-order valence-electron chi connectivity index (χ4n) is 2.23. The summed E-state index contributed by atoms with van der Waals surface area (Å²) in [7, 11) is 0. The summed E-state index contributed by atoms with van der Waals surface area (Å²) in [6, 6.07) is 0.396. The van der Waals surface area contributed by atoms with Crippen LogP contribution in [0.25, 0.3) is 0 Å². The van der Waals surface area contributed by atoms with Crippen molar-refractivity contribution in [1.82, 2.24) is 25.4 Å². The van der Waals surface area contributed by atoms with Crippen LogP contribution in [-0.2, 0) is 17.7 Å². The summed E-state index contributed by atoms with van der Waals surface area (Å²) in [6.07, 6.45) is 7.00. The van der Waals surface area contributed by atoms with Gasteiger partial charge in [-0.3, -0.25) is 4.99 Å². The first-order valence-corrected chi connectivity index (χ1v) is 9.70. The number of nitrogens with one attached hydrogen (secondary N) is 2. The highest BCUT2D eigenvalue weighted by molar-refractivity contribution is 5.80. The van der Waals surface area contributed by atoms with Gasteiger partial charge in [0.2, 0.25) is 0 Å². The summed E-state index contributed by atoms with van der Waals surface area (Å²) in [5, 5.41) is 14.9. The predicted octanol–water partition coefficient (Wildman–Crippen LogP) is 2.38. The molecule has 25 heavy (non-hydrogen) atoms. The molecule has 2 N–H and O–H groups in total. The molecule has 144 valence electrons. The molecule has 1 atom stereocenters. The molecule has 0 aromatic carbocycles. The fraction of sp³-hybridized carbons (Fsp3) is 0.833. The number of aryl methyl sites for hydroxylation is 1. The molecule has 1 unspecified atom stereocenters. The Morgan fingerprint density at radius 3 is 2.80 bits per heavy atom. The van der Waals surface area contributed by atoms with Gasteiger partial charge < -0.3 is 19.9 Å². The molecular formula is C18H36N6O. The number of hydrogen-bond donors (Lipinski definition) is 2. The number of aliphatic imine (C=N–C) groups is 1. The average molecular weight is 353 g/mol. The lowest BCUT2D eigenvalue weighted by Crippen LogP contribution is -2.43. The van der Waals surface area contributed by atoms with E-state index in [1.807, 2.05) is 0 Å². The molecular weight excluding hydrogens is 316 g/mol. The van der Waals surface area contributed by atoms with Gasteiger partial charge in [0.15, 0.2) is 5.96 Å². The molecule has 7 nitrogen and oxygen atoms in total. The Balaban J connectivity index is 2.37. The van der Waals surface area contributed by atoms with E-state index in [0.717, 1.165) is 70.3 Å². The Morgan fingerprint density at radius 2 is 2.08 bits per heavy atom. The van der Waals surface area contributed by atoms with Crippen LogP contribution < -0.4 is 10.6 Å². The molecule has 0 fully saturated rings. The lowest BCUT2D eigenvalue weighted by molar-refractivity contribution is 0.130. The van der Waals surface area contributed by atoms with Crippen LogP contribution >= 0.6 is 0 Å². The monoisotopic (exact) mass is 352 g/mol. The quantitative estimate of drug-likeness (QED) is 0.324. The number of aromatic nitrogens is 3. The van der Waals surface area contributed by atoms with Gasteiger partial charge in [-0.15, -0.1) is 10.2 Å². The van der Waals surface area contributed by atoms with E-state index in [0.29, 0.717) is 6.04 Å². The third-order valence-electron chi connectivity index (χ3n) is 4.01. The van der Waals surface area contributed by atoms with Gasteiger partial charge in [-0.2, -0.15) is 0 Å². The van der Waals surface area contributed by atoms with E-state index in [1.165, 1.54) is 6.42 Å². The summed E-state index contributed by atoms with van der Waals surface area (Å²) in [5.41, 5.74) is 0. The van der Waals surface area contributed by atoms with Crippen LogP contribution in [0.1, 0.15) is 59.2 Å². The molecule has 0 saturated heterocycles. The minimum atomic E-state index is 0.396. The highest BCUT2D eigenvalue weighted by Crippen LogP contribution is 1.95. The Kier molecular flexibility index (Phi) is 11.7. The maximum atomic E-state index is 5.59. The van der Waals surface area contributed by atoms with Crippen molar-refractivity contribution in [1.29, 1.82) is 0 Å². The zero-order valence-electron chi connectivity index (χ0n) is 16.4.